The van der Waals surface area contributed by atoms with Crippen LogP contribution in [0.2, 0.25) is 0 Å². The molecule has 39 heavy (non-hydrogen) atoms. The van der Waals surface area contributed by atoms with Gasteiger partial charge in [-0.15, -0.1) is 0 Å². The number of nitrogens with zero attached hydrogens (tertiary/aromatic N) is 2. The van der Waals surface area contributed by atoms with Gasteiger partial charge in [0.05, 0.1) is 25.4 Å². The standard InChI is InChI=1S/C30H40FN3O5/c1-20-30(2,19-38-20)39-18-25-24(9-5-10-26(25)31)27(29(35)36)34-15-13-23(17-34)37-16-4-3-8-22-12-11-21-7-6-14-32-28(21)33-22/h5,9-12,20,23,27H,3-4,6-8,13-19H2,1-2H3,(H,32,33)(H,35,36)/t20?,23-,27?,30?/m1/s1. The number of aryl methyl sites for hydroxylation is 2. The molecule has 4 heterocycles. The molecule has 0 bridgehead atoms. The van der Waals surface area contributed by atoms with Gasteiger partial charge in [0, 0.05) is 37.5 Å². The Labute approximate surface area is 229 Å². The molecule has 3 aliphatic heterocycles. The summed E-state index contributed by atoms with van der Waals surface area (Å²) in [6.07, 6.45) is 5.66. The molecule has 0 spiro atoms. The van der Waals surface area contributed by atoms with E-state index in [4.69, 9.17) is 19.2 Å². The lowest BCUT2D eigenvalue weighted by atomic mass is 9.95. The summed E-state index contributed by atoms with van der Waals surface area (Å²) in [6, 6.07) is 7.97. The highest BCUT2D eigenvalue weighted by Gasteiger charge is 2.43. The number of unbranched alkanes of at least 4 members (excludes halogenated alkanes) is 1. The molecule has 4 atom stereocenters. The van der Waals surface area contributed by atoms with Crippen molar-refractivity contribution in [2.75, 3.05) is 38.2 Å². The molecule has 8 nitrogen and oxygen atoms in total. The van der Waals surface area contributed by atoms with Crippen molar-refractivity contribution in [2.45, 2.75) is 82.8 Å². The minimum Gasteiger partial charge on any atom is -0.480 e. The number of hydrogen-bond acceptors (Lipinski definition) is 7. The number of fused-ring (bicyclic) bond motifs is 1. The normalized spacial score (nSPS) is 25.5. The molecule has 5 rings (SSSR count). The number of carboxylic acid groups (broad SMARTS) is 1. The summed E-state index contributed by atoms with van der Waals surface area (Å²) in [6.45, 7) is 6.96. The molecular weight excluding hydrogens is 501 g/mol. The number of carbonyl (C=O) groups is 1. The number of benzene rings is 1. The third-order valence-corrected chi connectivity index (χ3v) is 8.38. The van der Waals surface area contributed by atoms with Gasteiger partial charge >= 0.3 is 5.97 Å². The molecule has 0 saturated carbocycles. The largest absolute Gasteiger partial charge is 0.480 e. The van der Waals surface area contributed by atoms with Gasteiger partial charge in [0.1, 0.15) is 23.3 Å². The Bertz CT molecular complexity index is 1160. The molecule has 1 aromatic heterocycles. The molecule has 2 saturated heterocycles. The second-order valence-electron chi connectivity index (χ2n) is 11.2. The van der Waals surface area contributed by atoms with Crippen LogP contribution in [0.15, 0.2) is 30.3 Å². The van der Waals surface area contributed by atoms with Crippen LogP contribution in [0.25, 0.3) is 0 Å². The van der Waals surface area contributed by atoms with Crippen molar-refractivity contribution in [2.24, 2.45) is 0 Å². The Kier molecular flexibility index (Phi) is 8.81. The molecule has 0 radical (unpaired) electrons. The summed E-state index contributed by atoms with van der Waals surface area (Å²) in [5, 5.41) is 13.6. The second kappa shape index (κ2) is 12.3. The van der Waals surface area contributed by atoms with Gasteiger partial charge in [-0.1, -0.05) is 18.2 Å². The summed E-state index contributed by atoms with van der Waals surface area (Å²) >= 11 is 0. The summed E-state index contributed by atoms with van der Waals surface area (Å²) in [7, 11) is 0. The molecule has 1 aromatic carbocycles. The summed E-state index contributed by atoms with van der Waals surface area (Å²) in [4.78, 5) is 19.1. The van der Waals surface area contributed by atoms with E-state index in [1.54, 1.807) is 12.1 Å². The number of halogens is 1. The zero-order valence-electron chi connectivity index (χ0n) is 23.0. The number of pyridine rings is 1. The Balaban J connectivity index is 1.12. The molecule has 212 valence electrons. The fourth-order valence-electron chi connectivity index (χ4n) is 5.64. The molecule has 3 aliphatic rings. The van der Waals surface area contributed by atoms with Crippen molar-refractivity contribution >= 4 is 11.8 Å². The maximum absolute atomic E-state index is 14.9. The third kappa shape index (κ3) is 6.43. The molecule has 2 aromatic rings. The topological polar surface area (TPSA) is 93.2 Å². The van der Waals surface area contributed by atoms with Gasteiger partial charge in [0.15, 0.2) is 0 Å². The van der Waals surface area contributed by atoms with Crippen molar-refractivity contribution in [1.29, 1.82) is 0 Å². The number of hydrogen-bond donors (Lipinski definition) is 2. The molecule has 3 unspecified atom stereocenters. The van der Waals surface area contributed by atoms with Gasteiger partial charge in [-0.3, -0.25) is 9.69 Å². The monoisotopic (exact) mass is 541 g/mol. The highest BCUT2D eigenvalue weighted by molar-refractivity contribution is 5.76. The molecule has 0 amide bonds. The Morgan fingerprint density at radius 3 is 2.97 bits per heavy atom. The average Bonchev–Trinajstić information content (AvgIpc) is 3.39. The lowest BCUT2D eigenvalue weighted by molar-refractivity contribution is -0.250. The summed E-state index contributed by atoms with van der Waals surface area (Å²) in [5.41, 5.74) is 2.63. The van der Waals surface area contributed by atoms with E-state index < -0.39 is 23.4 Å². The van der Waals surface area contributed by atoms with Gasteiger partial charge in [0.25, 0.3) is 0 Å². The molecule has 9 heteroatoms. The van der Waals surface area contributed by atoms with Gasteiger partial charge in [-0.2, -0.15) is 0 Å². The van der Waals surface area contributed by atoms with Gasteiger partial charge in [0.2, 0.25) is 0 Å². The Hall–Kier alpha value is -2.59. The second-order valence-corrected chi connectivity index (χ2v) is 11.2. The van der Waals surface area contributed by atoms with Crippen LogP contribution in [0.4, 0.5) is 10.2 Å². The quantitative estimate of drug-likeness (QED) is 0.379. The van der Waals surface area contributed by atoms with Crippen molar-refractivity contribution in [3.63, 3.8) is 0 Å². The molecule has 2 fully saturated rings. The van der Waals surface area contributed by atoms with Crippen LogP contribution in [0.1, 0.15) is 68.0 Å². The minimum atomic E-state index is -0.999. The lowest BCUT2D eigenvalue weighted by Gasteiger charge is -2.44. The van der Waals surface area contributed by atoms with Crippen LogP contribution in [0.5, 0.6) is 0 Å². The van der Waals surface area contributed by atoms with E-state index in [1.165, 1.54) is 11.6 Å². The highest BCUT2D eigenvalue weighted by atomic mass is 19.1. The number of likely N-dealkylation sites (tertiary alicyclic amines) is 1. The summed E-state index contributed by atoms with van der Waals surface area (Å²) < 4.78 is 32.5. The average molecular weight is 542 g/mol. The fourth-order valence-corrected chi connectivity index (χ4v) is 5.64. The first-order valence-electron chi connectivity index (χ1n) is 14.2. The lowest BCUT2D eigenvalue weighted by Crippen LogP contribution is -2.56. The number of ether oxygens (including phenoxy) is 3. The highest BCUT2D eigenvalue weighted by Crippen LogP contribution is 2.34. The van der Waals surface area contributed by atoms with Crippen LogP contribution in [0.3, 0.4) is 0 Å². The number of carboxylic acids is 1. The number of aromatic nitrogens is 1. The minimum absolute atomic E-state index is 0.00110. The third-order valence-electron chi connectivity index (χ3n) is 8.38. The SMILES string of the molecule is CC1OCC1(C)OCc1c(F)cccc1C(C(=O)O)N1CC[C@@H](OCCCCc2ccc3c(n2)NCCC3)C1. The Morgan fingerprint density at radius 1 is 1.33 bits per heavy atom. The van der Waals surface area contributed by atoms with E-state index in [0.717, 1.165) is 56.6 Å². The first-order chi connectivity index (χ1) is 18.8. The number of nitrogens with one attached hydrogen (secondary N) is 1. The van der Waals surface area contributed by atoms with E-state index in [-0.39, 0.29) is 18.8 Å². The van der Waals surface area contributed by atoms with Gasteiger partial charge in [-0.25, -0.2) is 9.37 Å². The van der Waals surface area contributed by atoms with Crippen molar-refractivity contribution in [3.05, 3.63) is 58.5 Å². The first-order valence-corrected chi connectivity index (χ1v) is 14.2. The van der Waals surface area contributed by atoms with Crippen molar-refractivity contribution in [1.82, 2.24) is 9.88 Å². The molecule has 0 aliphatic carbocycles. The number of rotatable bonds is 12. The van der Waals surface area contributed by atoms with Crippen molar-refractivity contribution in [3.8, 4) is 0 Å². The van der Waals surface area contributed by atoms with Gasteiger partial charge in [-0.05, 0) is 75.6 Å². The maximum Gasteiger partial charge on any atom is 0.325 e. The van der Waals surface area contributed by atoms with E-state index >= 15 is 0 Å². The van der Waals surface area contributed by atoms with Crippen LogP contribution in [0, 0.1) is 5.82 Å². The first kappa shape index (κ1) is 28.0. The fraction of sp³-hybridized carbons (Fsp3) is 0.600. The number of anilines is 1. The zero-order chi connectivity index (χ0) is 27.4. The van der Waals surface area contributed by atoms with Crippen LogP contribution >= 0.6 is 0 Å². The van der Waals surface area contributed by atoms with E-state index in [9.17, 15) is 14.3 Å². The van der Waals surface area contributed by atoms with E-state index in [0.29, 0.717) is 37.4 Å². The number of aliphatic carboxylic acids is 1. The molecular formula is C30H40FN3O5. The summed E-state index contributed by atoms with van der Waals surface area (Å²) in [5.74, 6) is -0.421. The van der Waals surface area contributed by atoms with Crippen LogP contribution in [-0.2, 0) is 38.5 Å². The maximum atomic E-state index is 14.9. The smallest absolute Gasteiger partial charge is 0.325 e. The predicted octanol–water partition coefficient (Wildman–Crippen LogP) is 4.51. The Morgan fingerprint density at radius 2 is 2.21 bits per heavy atom. The zero-order valence-corrected chi connectivity index (χ0v) is 23.0. The van der Waals surface area contributed by atoms with Crippen molar-refractivity contribution < 1.29 is 28.5 Å². The van der Waals surface area contributed by atoms with Crippen LogP contribution < -0.4 is 5.32 Å². The van der Waals surface area contributed by atoms with Gasteiger partial charge < -0.3 is 24.6 Å². The van der Waals surface area contributed by atoms with E-state index in [2.05, 4.69) is 17.4 Å². The molecule has 2 N–H and O–H groups in total. The predicted molar refractivity (Wildman–Crippen MR) is 145 cm³/mol. The van der Waals surface area contributed by atoms with Crippen LogP contribution in [-0.4, -0.2) is 71.6 Å². The van der Waals surface area contributed by atoms with E-state index in [1.807, 2.05) is 18.7 Å².